The predicted octanol–water partition coefficient (Wildman–Crippen LogP) is 4.13. The van der Waals surface area contributed by atoms with Crippen LogP contribution in [-0.4, -0.2) is 35.7 Å². The Morgan fingerprint density at radius 3 is 2.52 bits per heavy atom. The van der Waals surface area contributed by atoms with E-state index in [4.69, 9.17) is 21.7 Å². The molecule has 0 aliphatic heterocycles. The zero-order valence-corrected chi connectivity index (χ0v) is 18.4. The molecule has 7 nitrogen and oxygen atoms in total. The second kappa shape index (κ2) is 8.93. The van der Waals surface area contributed by atoms with E-state index in [1.165, 1.54) is 18.1 Å². The average molecular weight is 440 g/mol. The maximum atomic E-state index is 13.2. The monoisotopic (exact) mass is 439 g/mol. The van der Waals surface area contributed by atoms with Crippen LogP contribution in [0.25, 0.3) is 16.6 Å². The summed E-state index contributed by atoms with van der Waals surface area (Å²) < 4.78 is 12.2. The van der Waals surface area contributed by atoms with Gasteiger partial charge in [-0.15, -0.1) is 0 Å². The van der Waals surface area contributed by atoms with E-state index >= 15 is 0 Å². The molecule has 1 saturated carbocycles. The van der Waals surface area contributed by atoms with E-state index in [0.717, 1.165) is 25.7 Å². The first kappa shape index (κ1) is 21.1. The molecule has 2 N–H and O–H groups in total. The van der Waals surface area contributed by atoms with Crippen LogP contribution in [0.5, 0.6) is 11.5 Å². The third-order valence-electron chi connectivity index (χ3n) is 5.73. The van der Waals surface area contributed by atoms with Gasteiger partial charge in [0.25, 0.3) is 11.5 Å². The molecule has 1 fully saturated rings. The lowest BCUT2D eigenvalue weighted by Gasteiger charge is -2.22. The van der Waals surface area contributed by atoms with Crippen LogP contribution < -0.4 is 20.3 Å². The van der Waals surface area contributed by atoms with Crippen molar-refractivity contribution in [2.45, 2.75) is 38.1 Å². The molecule has 1 amide bonds. The largest absolute Gasteiger partial charge is 0.493 e. The van der Waals surface area contributed by atoms with Crippen molar-refractivity contribution in [3.63, 3.8) is 0 Å². The normalized spacial score (nSPS) is 14.4. The van der Waals surface area contributed by atoms with Crippen LogP contribution in [0.2, 0.25) is 0 Å². The number of methoxy groups -OCH3 is 2. The number of carbonyl (C=O) groups excluding carboxylic acids is 1. The van der Waals surface area contributed by atoms with E-state index in [1.807, 2.05) is 0 Å². The molecule has 1 heterocycles. The highest BCUT2D eigenvalue weighted by Crippen LogP contribution is 2.29. The Kier molecular flexibility index (Phi) is 6.08. The summed E-state index contributed by atoms with van der Waals surface area (Å²) in [6.07, 6.45) is 5.54. The average Bonchev–Trinajstić information content (AvgIpc) is 2.79. The van der Waals surface area contributed by atoms with E-state index in [-0.39, 0.29) is 22.3 Å². The van der Waals surface area contributed by atoms with Crippen molar-refractivity contribution in [2.24, 2.45) is 0 Å². The summed E-state index contributed by atoms with van der Waals surface area (Å²) in [7, 11) is 3.08. The van der Waals surface area contributed by atoms with Crippen molar-refractivity contribution in [1.82, 2.24) is 14.9 Å². The van der Waals surface area contributed by atoms with Crippen LogP contribution >= 0.6 is 12.2 Å². The van der Waals surface area contributed by atoms with Gasteiger partial charge in [0.2, 0.25) is 0 Å². The van der Waals surface area contributed by atoms with Crippen LogP contribution in [0.4, 0.5) is 0 Å². The van der Waals surface area contributed by atoms with Gasteiger partial charge >= 0.3 is 0 Å². The lowest BCUT2D eigenvalue weighted by molar-refractivity contribution is 0.0928. The summed E-state index contributed by atoms with van der Waals surface area (Å²) in [4.78, 5) is 29.0. The molecule has 2 aromatic carbocycles. The minimum Gasteiger partial charge on any atom is -0.493 e. The standard InChI is InChI=1S/C23H25N3O4S/c1-29-19-11-9-16(13-20(19)30-2)26-22(28)17-10-8-14(12-18(17)25-23(26)31)21(27)24-15-6-4-3-5-7-15/h8-13,15H,3-7H2,1-2H3,(H,24,27)(H,25,31). The third kappa shape index (κ3) is 4.20. The van der Waals surface area contributed by atoms with Crippen molar-refractivity contribution >= 4 is 29.0 Å². The molecule has 1 aliphatic carbocycles. The summed E-state index contributed by atoms with van der Waals surface area (Å²) in [6, 6.07) is 10.4. The number of amides is 1. The van der Waals surface area contributed by atoms with Crippen molar-refractivity contribution in [3.8, 4) is 17.2 Å². The minimum absolute atomic E-state index is 0.128. The Morgan fingerprint density at radius 2 is 1.81 bits per heavy atom. The molecule has 31 heavy (non-hydrogen) atoms. The Labute approximate surface area is 185 Å². The molecule has 1 aliphatic rings. The van der Waals surface area contributed by atoms with Crippen LogP contribution in [0.1, 0.15) is 42.5 Å². The van der Waals surface area contributed by atoms with Gasteiger partial charge in [-0.3, -0.25) is 14.2 Å². The van der Waals surface area contributed by atoms with Crippen LogP contribution in [-0.2, 0) is 0 Å². The predicted molar refractivity (Wildman–Crippen MR) is 122 cm³/mol. The van der Waals surface area contributed by atoms with Crippen molar-refractivity contribution < 1.29 is 14.3 Å². The van der Waals surface area contributed by atoms with Crippen molar-refractivity contribution in [1.29, 1.82) is 0 Å². The Balaban J connectivity index is 1.71. The first-order valence-corrected chi connectivity index (χ1v) is 10.7. The molecular weight excluding hydrogens is 414 g/mol. The van der Waals surface area contributed by atoms with Gasteiger partial charge < -0.3 is 19.8 Å². The number of benzene rings is 2. The SMILES string of the molecule is COc1ccc(-n2c(=S)[nH]c3cc(C(=O)NC4CCCCC4)ccc3c2=O)cc1OC. The van der Waals surface area contributed by atoms with Crippen LogP contribution in [0.3, 0.4) is 0 Å². The number of aromatic nitrogens is 2. The maximum Gasteiger partial charge on any atom is 0.266 e. The van der Waals surface area contributed by atoms with Gasteiger partial charge in [0, 0.05) is 17.7 Å². The van der Waals surface area contributed by atoms with Gasteiger partial charge in [-0.05, 0) is 55.4 Å². The fourth-order valence-corrected chi connectivity index (χ4v) is 4.37. The number of aromatic amines is 1. The van der Waals surface area contributed by atoms with Gasteiger partial charge in [-0.2, -0.15) is 0 Å². The van der Waals surface area contributed by atoms with Gasteiger partial charge in [-0.1, -0.05) is 19.3 Å². The van der Waals surface area contributed by atoms with Crippen molar-refractivity contribution in [3.05, 3.63) is 57.1 Å². The molecule has 3 aromatic rings. The topological polar surface area (TPSA) is 85.4 Å². The van der Waals surface area contributed by atoms with Gasteiger partial charge in [0.05, 0.1) is 30.8 Å². The molecule has 0 spiro atoms. The number of fused-ring (bicyclic) bond motifs is 1. The number of carbonyl (C=O) groups is 1. The van der Waals surface area contributed by atoms with E-state index in [9.17, 15) is 9.59 Å². The number of nitrogens with one attached hydrogen (secondary N) is 2. The lowest BCUT2D eigenvalue weighted by atomic mass is 9.95. The quantitative estimate of drug-likeness (QED) is 0.584. The molecule has 162 valence electrons. The van der Waals surface area contributed by atoms with E-state index in [0.29, 0.717) is 33.7 Å². The smallest absolute Gasteiger partial charge is 0.266 e. The van der Waals surface area contributed by atoms with Gasteiger partial charge in [0.15, 0.2) is 16.3 Å². The fourth-order valence-electron chi connectivity index (χ4n) is 4.07. The Hall–Kier alpha value is -3.13. The summed E-state index contributed by atoms with van der Waals surface area (Å²) in [5.41, 5.74) is 1.32. The van der Waals surface area contributed by atoms with E-state index in [1.54, 1.807) is 43.5 Å². The number of nitrogens with zero attached hydrogens (tertiary/aromatic N) is 1. The molecule has 1 aromatic heterocycles. The lowest BCUT2D eigenvalue weighted by Crippen LogP contribution is -2.36. The second-order valence-corrected chi connectivity index (χ2v) is 8.07. The zero-order chi connectivity index (χ0) is 22.0. The molecule has 0 atom stereocenters. The minimum atomic E-state index is -0.273. The number of rotatable bonds is 5. The molecule has 0 unspecified atom stereocenters. The Bertz CT molecular complexity index is 1240. The number of hydrogen-bond donors (Lipinski definition) is 2. The first-order chi connectivity index (χ1) is 15.0. The summed E-state index contributed by atoms with van der Waals surface area (Å²) in [6.45, 7) is 0. The molecule has 4 rings (SSSR count). The van der Waals surface area contributed by atoms with Crippen LogP contribution in [0.15, 0.2) is 41.2 Å². The highest BCUT2D eigenvalue weighted by molar-refractivity contribution is 7.71. The molecular formula is C23H25N3O4S. The van der Waals surface area contributed by atoms with E-state index < -0.39 is 0 Å². The first-order valence-electron chi connectivity index (χ1n) is 10.3. The summed E-state index contributed by atoms with van der Waals surface area (Å²) in [5.74, 6) is 0.928. The molecule has 0 saturated heterocycles. The number of H-pyrrole nitrogens is 1. The van der Waals surface area contributed by atoms with Gasteiger partial charge in [-0.25, -0.2) is 0 Å². The highest BCUT2D eigenvalue weighted by atomic mass is 32.1. The number of hydrogen-bond acceptors (Lipinski definition) is 5. The summed E-state index contributed by atoms with van der Waals surface area (Å²) in [5, 5.41) is 3.54. The second-order valence-electron chi connectivity index (χ2n) is 7.68. The highest BCUT2D eigenvalue weighted by Gasteiger charge is 2.18. The third-order valence-corrected chi connectivity index (χ3v) is 6.01. The van der Waals surface area contributed by atoms with E-state index in [2.05, 4.69) is 10.3 Å². The van der Waals surface area contributed by atoms with Crippen molar-refractivity contribution in [2.75, 3.05) is 14.2 Å². The van der Waals surface area contributed by atoms with Gasteiger partial charge in [0.1, 0.15) is 0 Å². The fraction of sp³-hybridized carbons (Fsp3) is 0.348. The number of ether oxygens (including phenoxy) is 2. The van der Waals surface area contributed by atoms with Crippen LogP contribution in [0, 0.1) is 4.77 Å². The molecule has 0 bridgehead atoms. The molecule has 8 heteroatoms. The zero-order valence-electron chi connectivity index (χ0n) is 17.6. The summed E-state index contributed by atoms with van der Waals surface area (Å²) >= 11 is 5.46. The maximum absolute atomic E-state index is 13.2. The molecule has 0 radical (unpaired) electrons. The Morgan fingerprint density at radius 1 is 1.06 bits per heavy atom.